The monoisotopic (exact) mass is 355 g/mol. The minimum atomic E-state index is -0.684. The molecule has 0 radical (unpaired) electrons. The Morgan fingerprint density at radius 3 is 2.81 bits per heavy atom. The summed E-state index contributed by atoms with van der Waals surface area (Å²) in [6, 6.07) is 5.70. The van der Waals surface area contributed by atoms with Gasteiger partial charge in [0.2, 0.25) is 0 Å². The fraction of sp³-hybridized carbons (Fsp3) is 0.250. The Bertz CT molecular complexity index is 850. The van der Waals surface area contributed by atoms with E-state index >= 15 is 0 Å². The van der Waals surface area contributed by atoms with Gasteiger partial charge in [-0.15, -0.1) is 0 Å². The Morgan fingerprint density at radius 1 is 1.38 bits per heavy atom. The fourth-order valence-electron chi connectivity index (χ4n) is 2.43. The Hall–Kier alpha value is -3.02. The highest BCUT2D eigenvalue weighted by molar-refractivity contribution is 5.80. The lowest BCUT2D eigenvalue weighted by Gasteiger charge is -2.14. The molecule has 2 rings (SSSR count). The van der Waals surface area contributed by atoms with E-state index in [9.17, 15) is 9.18 Å². The maximum absolute atomic E-state index is 13.9. The summed E-state index contributed by atoms with van der Waals surface area (Å²) < 4.78 is 21.3. The first-order valence-electron chi connectivity index (χ1n) is 8.27. The van der Waals surface area contributed by atoms with Gasteiger partial charge in [-0.05, 0) is 39.0 Å². The quantitative estimate of drug-likeness (QED) is 0.302. The van der Waals surface area contributed by atoms with Gasteiger partial charge in [-0.3, -0.25) is 14.5 Å². The van der Waals surface area contributed by atoms with Crippen LogP contribution in [0.15, 0.2) is 66.5 Å². The van der Waals surface area contributed by atoms with Gasteiger partial charge in [0.25, 0.3) is 0 Å². The molecule has 0 N–H and O–H groups in total. The van der Waals surface area contributed by atoms with Gasteiger partial charge in [-0.25, -0.2) is 4.39 Å². The van der Waals surface area contributed by atoms with E-state index < -0.39 is 5.83 Å². The number of pyridine rings is 1. The zero-order valence-corrected chi connectivity index (χ0v) is 15.1. The van der Waals surface area contributed by atoms with Crippen LogP contribution < -0.4 is 0 Å². The number of ether oxygens (including phenoxy) is 1. The van der Waals surface area contributed by atoms with Crippen molar-refractivity contribution in [1.29, 1.82) is 0 Å². The van der Waals surface area contributed by atoms with Gasteiger partial charge < -0.3 is 4.74 Å². The second kappa shape index (κ2) is 8.89. The molecule has 0 bridgehead atoms. The first-order chi connectivity index (χ1) is 12.5. The molecule has 0 aliphatic rings. The third kappa shape index (κ3) is 4.33. The number of hydrogen-bond donors (Lipinski definition) is 0. The van der Waals surface area contributed by atoms with Crippen LogP contribution in [0, 0.1) is 0 Å². The van der Waals surface area contributed by atoms with Crippen molar-refractivity contribution in [1.82, 2.24) is 14.8 Å². The maximum Gasteiger partial charge on any atom is 0.156 e. The molecule has 2 heterocycles. The first kappa shape index (κ1) is 19.3. The lowest BCUT2D eigenvalue weighted by molar-refractivity contribution is -0.105. The molecule has 0 spiro atoms. The molecule has 5 nitrogen and oxygen atoms in total. The molecule has 0 unspecified atom stereocenters. The van der Waals surface area contributed by atoms with Crippen LogP contribution in [0.4, 0.5) is 4.39 Å². The van der Waals surface area contributed by atoms with Crippen LogP contribution in [0.3, 0.4) is 0 Å². The normalized spacial score (nSPS) is 12.3. The van der Waals surface area contributed by atoms with E-state index in [1.54, 1.807) is 25.4 Å². The predicted octanol–water partition coefficient (Wildman–Crippen LogP) is 4.55. The number of carbonyl (C=O) groups is 1. The van der Waals surface area contributed by atoms with Gasteiger partial charge in [0, 0.05) is 24.0 Å². The van der Waals surface area contributed by atoms with Crippen molar-refractivity contribution in [3.05, 3.63) is 72.0 Å². The molecule has 0 amide bonds. The van der Waals surface area contributed by atoms with E-state index in [0.717, 1.165) is 17.0 Å². The van der Waals surface area contributed by atoms with Gasteiger partial charge in [-0.2, -0.15) is 5.10 Å². The van der Waals surface area contributed by atoms with Gasteiger partial charge >= 0.3 is 0 Å². The van der Waals surface area contributed by atoms with Crippen molar-refractivity contribution in [2.75, 3.05) is 0 Å². The second-order valence-corrected chi connectivity index (χ2v) is 5.86. The van der Waals surface area contributed by atoms with Gasteiger partial charge in [-0.1, -0.05) is 18.7 Å². The highest BCUT2D eigenvalue weighted by atomic mass is 19.1. The molecule has 0 saturated carbocycles. The summed E-state index contributed by atoms with van der Waals surface area (Å²) in [6.07, 6.45) is 6.49. The standard InChI is InChI=1S/C20H22FN3O2/c1-5-7-18(21)17(12-25)15(4)26-13-16-8-6-10-22-20(16)19-9-11-23-24(19)14(2)3/h5-12,14H,4,13H2,1-3H3/b7-5-,18-17+. The predicted molar refractivity (Wildman–Crippen MR) is 98.8 cm³/mol. The number of aromatic nitrogens is 3. The van der Waals surface area contributed by atoms with Crippen LogP contribution in [0.2, 0.25) is 0 Å². The second-order valence-electron chi connectivity index (χ2n) is 5.86. The Balaban J connectivity index is 2.27. The zero-order valence-electron chi connectivity index (χ0n) is 15.1. The minimum absolute atomic E-state index is 0.0252. The molecule has 0 saturated heterocycles. The number of rotatable bonds is 8. The minimum Gasteiger partial charge on any atom is -0.489 e. The molecule has 0 aromatic carbocycles. The molecule has 2 aromatic rings. The van der Waals surface area contributed by atoms with Crippen LogP contribution >= 0.6 is 0 Å². The largest absolute Gasteiger partial charge is 0.489 e. The van der Waals surface area contributed by atoms with Gasteiger partial charge in [0.1, 0.15) is 18.2 Å². The van der Waals surface area contributed by atoms with Crippen molar-refractivity contribution >= 4 is 6.29 Å². The molecule has 136 valence electrons. The molecule has 0 fully saturated rings. The number of hydrogen-bond acceptors (Lipinski definition) is 4. The average Bonchev–Trinajstić information content (AvgIpc) is 3.11. The molecule has 0 aliphatic heterocycles. The molecular weight excluding hydrogens is 333 g/mol. The van der Waals surface area contributed by atoms with Crippen LogP contribution in [-0.2, 0) is 16.1 Å². The molecule has 0 aliphatic carbocycles. The number of halogens is 1. The van der Waals surface area contributed by atoms with Crippen molar-refractivity contribution in [3.8, 4) is 11.4 Å². The third-order valence-corrected chi connectivity index (χ3v) is 3.68. The van der Waals surface area contributed by atoms with E-state index in [0.29, 0.717) is 6.29 Å². The van der Waals surface area contributed by atoms with E-state index in [1.807, 2.05) is 30.7 Å². The van der Waals surface area contributed by atoms with Gasteiger partial charge in [0.05, 0.1) is 17.0 Å². The van der Waals surface area contributed by atoms with E-state index in [1.165, 1.54) is 12.2 Å². The highest BCUT2D eigenvalue weighted by Gasteiger charge is 2.15. The molecule has 6 heteroatoms. The number of allylic oxidation sites excluding steroid dienone is 4. The van der Waals surface area contributed by atoms with Crippen molar-refractivity contribution in [3.63, 3.8) is 0 Å². The van der Waals surface area contributed by atoms with E-state index in [-0.39, 0.29) is 24.0 Å². The van der Waals surface area contributed by atoms with Crippen LogP contribution in [0.5, 0.6) is 0 Å². The summed E-state index contributed by atoms with van der Waals surface area (Å²) in [6.45, 7) is 9.48. The first-order valence-corrected chi connectivity index (χ1v) is 8.27. The Kier molecular flexibility index (Phi) is 6.60. The SMILES string of the molecule is C=C(OCc1cccnc1-c1ccnn1C(C)C)/C(C=O)=C(F)\C=C/C. The van der Waals surface area contributed by atoms with E-state index in [2.05, 4.69) is 16.7 Å². The zero-order chi connectivity index (χ0) is 19.1. The molecular formula is C20H22FN3O2. The summed E-state index contributed by atoms with van der Waals surface area (Å²) in [5.74, 6) is -0.709. The van der Waals surface area contributed by atoms with Crippen LogP contribution in [-0.4, -0.2) is 21.1 Å². The summed E-state index contributed by atoms with van der Waals surface area (Å²) in [5, 5.41) is 4.32. The molecule has 2 aromatic heterocycles. The smallest absolute Gasteiger partial charge is 0.156 e. The van der Waals surface area contributed by atoms with E-state index in [4.69, 9.17) is 4.74 Å². The lowest BCUT2D eigenvalue weighted by Crippen LogP contribution is -2.07. The number of carbonyl (C=O) groups excluding carboxylic acids is 1. The molecule has 0 atom stereocenters. The average molecular weight is 355 g/mol. The van der Waals surface area contributed by atoms with Crippen molar-refractivity contribution in [2.24, 2.45) is 0 Å². The number of aldehydes is 1. The summed E-state index contributed by atoms with van der Waals surface area (Å²) >= 11 is 0. The van der Waals surface area contributed by atoms with Gasteiger partial charge in [0.15, 0.2) is 6.29 Å². The topological polar surface area (TPSA) is 57.0 Å². The van der Waals surface area contributed by atoms with Crippen molar-refractivity contribution in [2.45, 2.75) is 33.4 Å². The Morgan fingerprint density at radius 2 is 2.15 bits per heavy atom. The molecule has 26 heavy (non-hydrogen) atoms. The fourth-order valence-corrected chi connectivity index (χ4v) is 2.43. The summed E-state index contributed by atoms with van der Waals surface area (Å²) in [7, 11) is 0. The van der Waals surface area contributed by atoms with Crippen LogP contribution in [0.1, 0.15) is 32.4 Å². The van der Waals surface area contributed by atoms with Crippen molar-refractivity contribution < 1.29 is 13.9 Å². The Labute approximate surface area is 152 Å². The highest BCUT2D eigenvalue weighted by Crippen LogP contribution is 2.25. The number of nitrogens with zero attached hydrogens (tertiary/aromatic N) is 3. The lowest BCUT2D eigenvalue weighted by atomic mass is 10.1. The third-order valence-electron chi connectivity index (χ3n) is 3.68. The maximum atomic E-state index is 13.9. The summed E-state index contributed by atoms with van der Waals surface area (Å²) in [5.41, 5.74) is 2.15. The summed E-state index contributed by atoms with van der Waals surface area (Å²) in [4.78, 5) is 15.6. The van der Waals surface area contributed by atoms with Crippen LogP contribution in [0.25, 0.3) is 11.4 Å².